The minimum Gasteiger partial charge on any atom is -0.462 e. The highest BCUT2D eigenvalue weighted by Gasteiger charge is 2.04. The van der Waals surface area contributed by atoms with E-state index < -0.39 is 9.76 Å². The van der Waals surface area contributed by atoms with Crippen molar-refractivity contribution in [3.8, 4) is 0 Å². The van der Waals surface area contributed by atoms with E-state index in [1.54, 1.807) is 14.0 Å². The van der Waals surface area contributed by atoms with E-state index >= 15 is 0 Å². The van der Waals surface area contributed by atoms with Gasteiger partial charge in [-0.05, 0) is 13.3 Å². The molecule has 0 aromatic carbocycles. The maximum absolute atomic E-state index is 11.5. The van der Waals surface area contributed by atoms with Crippen molar-refractivity contribution in [1.29, 1.82) is 0 Å². The summed E-state index contributed by atoms with van der Waals surface area (Å²) in [6.45, 7) is 4.54. The van der Waals surface area contributed by atoms with Gasteiger partial charge < -0.3 is 9.16 Å². The van der Waals surface area contributed by atoms with Gasteiger partial charge in [0.2, 0.25) is 0 Å². The highest BCUT2D eigenvalue weighted by Crippen LogP contribution is 2.05. The lowest BCUT2D eigenvalue weighted by atomic mass is 10.1. The zero-order valence-corrected chi connectivity index (χ0v) is 12.9. The second-order valence-electron chi connectivity index (χ2n) is 4.25. The van der Waals surface area contributed by atoms with Crippen molar-refractivity contribution in [3.63, 3.8) is 0 Å². The molecule has 0 heterocycles. The quantitative estimate of drug-likeness (QED) is 0.261. The van der Waals surface area contributed by atoms with Gasteiger partial charge in [0.25, 0.3) is 0 Å². The Morgan fingerprint density at radius 1 is 1.18 bits per heavy atom. The first-order valence-corrected chi connectivity index (χ1v) is 7.94. The van der Waals surface area contributed by atoms with Gasteiger partial charge in [0, 0.05) is 12.7 Å². The highest BCUT2D eigenvalue weighted by molar-refractivity contribution is 6.35. The van der Waals surface area contributed by atoms with E-state index in [-0.39, 0.29) is 5.97 Å². The van der Waals surface area contributed by atoms with Gasteiger partial charge in [-0.1, -0.05) is 44.7 Å². The first-order valence-electron chi connectivity index (χ1n) is 6.55. The van der Waals surface area contributed by atoms with Crippen molar-refractivity contribution in [2.75, 3.05) is 13.7 Å². The van der Waals surface area contributed by atoms with Gasteiger partial charge in [-0.25, -0.2) is 4.79 Å². The number of unbranched alkanes of at least 4 members (excludes halogenated alkanes) is 5. The van der Waals surface area contributed by atoms with Gasteiger partial charge >= 0.3 is 5.97 Å². The third-order valence-electron chi connectivity index (χ3n) is 2.61. The molecule has 4 heteroatoms. The molecule has 0 aliphatic rings. The fourth-order valence-electron chi connectivity index (χ4n) is 1.45. The molecule has 0 atom stereocenters. The molecule has 0 aromatic rings. The lowest BCUT2D eigenvalue weighted by molar-refractivity contribution is -0.139. The largest absolute Gasteiger partial charge is 0.462 e. The zero-order valence-electron chi connectivity index (χ0n) is 11.5. The molecule has 0 radical (unpaired) electrons. The van der Waals surface area contributed by atoms with Gasteiger partial charge in [-0.2, -0.15) is 0 Å². The van der Waals surface area contributed by atoms with E-state index in [0.717, 1.165) is 12.8 Å². The monoisotopic (exact) mass is 258 g/mol. The predicted molar refractivity (Wildman–Crippen MR) is 73.6 cm³/mol. The summed E-state index contributed by atoms with van der Waals surface area (Å²) in [6.07, 6.45) is 7.25. The Kier molecular flexibility index (Phi) is 11.4. The summed E-state index contributed by atoms with van der Waals surface area (Å²) in [5.74, 6) is -0.192. The Morgan fingerprint density at radius 2 is 1.82 bits per heavy atom. The van der Waals surface area contributed by atoms with Crippen LogP contribution in [0.3, 0.4) is 0 Å². The van der Waals surface area contributed by atoms with Crippen LogP contribution in [-0.2, 0) is 14.0 Å². The smallest absolute Gasteiger partial charge is 0.333 e. The lowest BCUT2D eigenvalue weighted by Crippen LogP contribution is -2.08. The number of carbonyl (C=O) groups excluding carboxylic acids is 1. The fraction of sp³-hybridized carbons (Fsp3) is 0.769. The molecule has 0 saturated carbocycles. The second kappa shape index (κ2) is 11.9. The summed E-state index contributed by atoms with van der Waals surface area (Å²) in [6, 6.07) is 0. The molecular weight excluding hydrogens is 232 g/mol. The lowest BCUT2D eigenvalue weighted by Gasteiger charge is -2.05. The van der Waals surface area contributed by atoms with Crippen LogP contribution < -0.4 is 0 Å². The Balaban J connectivity index is 3.44. The Labute approximate surface area is 108 Å². The van der Waals surface area contributed by atoms with Crippen molar-refractivity contribution < 1.29 is 14.0 Å². The average molecular weight is 258 g/mol. The predicted octanol–water partition coefficient (Wildman–Crippen LogP) is 2.52. The number of rotatable bonds is 10. The van der Waals surface area contributed by atoms with Crippen molar-refractivity contribution >= 4 is 15.7 Å². The zero-order chi connectivity index (χ0) is 12.9. The molecule has 3 nitrogen and oxygen atoms in total. The molecule has 100 valence electrons. The van der Waals surface area contributed by atoms with Crippen LogP contribution in [0.15, 0.2) is 11.3 Å². The van der Waals surface area contributed by atoms with Crippen LogP contribution in [0.25, 0.3) is 0 Å². The topological polar surface area (TPSA) is 35.5 Å². The fourth-order valence-corrected chi connectivity index (χ4v) is 2.04. The third-order valence-corrected chi connectivity index (χ3v) is 3.72. The first-order chi connectivity index (χ1) is 8.22. The molecule has 0 aliphatic heterocycles. The third kappa shape index (κ3) is 10.3. The van der Waals surface area contributed by atoms with E-state index in [1.165, 1.54) is 25.7 Å². The van der Waals surface area contributed by atoms with Gasteiger partial charge in [-0.15, -0.1) is 0 Å². The summed E-state index contributed by atoms with van der Waals surface area (Å²) >= 11 is 0. The van der Waals surface area contributed by atoms with Crippen molar-refractivity contribution in [3.05, 3.63) is 11.3 Å². The number of hydrogen-bond donors (Lipinski definition) is 0. The SMILES string of the molecule is CCCCCCCCOC(=O)C(C)=C[SiH2]OC. The van der Waals surface area contributed by atoms with Crippen molar-refractivity contribution in [2.24, 2.45) is 0 Å². The van der Waals surface area contributed by atoms with Gasteiger partial charge in [-0.3, -0.25) is 0 Å². The van der Waals surface area contributed by atoms with Gasteiger partial charge in [0.1, 0.15) is 0 Å². The Bertz CT molecular complexity index is 227. The molecule has 0 amide bonds. The standard InChI is InChI=1S/C13H26O3Si/c1-4-5-6-7-8-9-10-16-13(14)12(2)11-17-15-3/h11H,4-10,17H2,1-3H3. The molecule has 0 rings (SSSR count). The van der Waals surface area contributed by atoms with Crippen LogP contribution in [0.2, 0.25) is 0 Å². The minimum atomic E-state index is -0.674. The van der Waals surface area contributed by atoms with Crippen molar-refractivity contribution in [2.45, 2.75) is 52.4 Å². The van der Waals surface area contributed by atoms with E-state index in [0.29, 0.717) is 12.2 Å². The molecule has 0 N–H and O–H groups in total. The van der Waals surface area contributed by atoms with Crippen LogP contribution in [-0.4, -0.2) is 29.4 Å². The molecule has 0 bridgehead atoms. The Morgan fingerprint density at radius 3 is 2.47 bits per heavy atom. The van der Waals surface area contributed by atoms with E-state index in [2.05, 4.69) is 6.92 Å². The van der Waals surface area contributed by atoms with Gasteiger partial charge in [0.05, 0.1) is 6.61 Å². The molecule has 0 aromatic heterocycles. The van der Waals surface area contributed by atoms with E-state index in [9.17, 15) is 4.79 Å². The highest BCUT2D eigenvalue weighted by atomic mass is 28.2. The first kappa shape index (κ1) is 16.4. The van der Waals surface area contributed by atoms with Crippen LogP contribution in [0.1, 0.15) is 52.4 Å². The Hall–Kier alpha value is -0.613. The molecule has 0 spiro atoms. The maximum Gasteiger partial charge on any atom is 0.333 e. The van der Waals surface area contributed by atoms with Crippen LogP contribution in [0.4, 0.5) is 0 Å². The van der Waals surface area contributed by atoms with Crippen molar-refractivity contribution in [1.82, 2.24) is 0 Å². The number of ether oxygens (including phenoxy) is 1. The number of esters is 1. The summed E-state index contributed by atoms with van der Waals surface area (Å²) in [5, 5.41) is 0. The molecule has 17 heavy (non-hydrogen) atoms. The maximum atomic E-state index is 11.5. The molecule has 0 fully saturated rings. The summed E-state index contributed by atoms with van der Waals surface area (Å²) < 4.78 is 10.2. The van der Waals surface area contributed by atoms with E-state index in [4.69, 9.17) is 9.16 Å². The molecular formula is C13H26O3Si. The van der Waals surface area contributed by atoms with Crippen LogP contribution in [0, 0.1) is 0 Å². The summed E-state index contributed by atoms with van der Waals surface area (Å²) in [5.41, 5.74) is 2.56. The molecule has 0 unspecified atom stereocenters. The normalized spacial score (nSPS) is 12.3. The molecule has 0 saturated heterocycles. The molecule has 0 aliphatic carbocycles. The number of hydrogen-bond acceptors (Lipinski definition) is 3. The minimum absolute atomic E-state index is 0.192. The van der Waals surface area contributed by atoms with E-state index in [1.807, 2.05) is 5.70 Å². The van der Waals surface area contributed by atoms with Crippen LogP contribution in [0.5, 0.6) is 0 Å². The summed E-state index contributed by atoms with van der Waals surface area (Å²) in [4.78, 5) is 11.5. The van der Waals surface area contributed by atoms with Gasteiger partial charge in [0.15, 0.2) is 9.76 Å². The van der Waals surface area contributed by atoms with Crippen LogP contribution >= 0.6 is 0 Å². The number of carbonyl (C=O) groups is 1. The second-order valence-corrected chi connectivity index (χ2v) is 5.57. The average Bonchev–Trinajstić information content (AvgIpc) is 2.34. The summed E-state index contributed by atoms with van der Waals surface area (Å²) in [7, 11) is 0.990.